The molecule has 2 aromatic carbocycles. The number of aromatic nitrogens is 7. The molecular weight excluding hydrogens is 604 g/mol. The number of nitrogens with zero attached hydrogens (tertiary/aromatic N) is 7. The minimum Gasteiger partial charge on any atom is -0.366 e. The maximum Gasteiger partial charge on any atom is 0.276 e. The molecule has 4 heterocycles. The predicted molar refractivity (Wildman–Crippen MR) is 177 cm³/mol. The van der Waals surface area contributed by atoms with Gasteiger partial charge in [-0.2, -0.15) is 9.47 Å². The second-order valence-electron chi connectivity index (χ2n) is 11.1. The summed E-state index contributed by atoms with van der Waals surface area (Å²) in [6.45, 7) is 9.26. The Morgan fingerprint density at radius 2 is 1.61 bits per heavy atom. The van der Waals surface area contributed by atoms with Crippen molar-refractivity contribution < 1.29 is 14.4 Å². The van der Waals surface area contributed by atoms with Crippen molar-refractivity contribution in [1.29, 1.82) is 0 Å². The van der Waals surface area contributed by atoms with Crippen LogP contribution < -0.4 is 16.4 Å². The maximum atomic E-state index is 13.3. The molecule has 0 radical (unpaired) electrons. The Bertz CT molecular complexity index is 2120. The number of unbranched alkanes of at least 4 members (excludes halogenated alkanes) is 1. The summed E-state index contributed by atoms with van der Waals surface area (Å²) in [5, 5.41) is 12.1. The van der Waals surface area contributed by atoms with Gasteiger partial charge in [0.05, 0.1) is 39.0 Å². The first-order chi connectivity index (χ1) is 22.1. The van der Waals surface area contributed by atoms with Gasteiger partial charge in [-0.1, -0.05) is 12.1 Å². The molecule has 14 heteroatoms. The normalized spacial score (nSPS) is 11.4. The Labute approximate surface area is 268 Å². The van der Waals surface area contributed by atoms with Crippen LogP contribution in [-0.4, -0.2) is 51.0 Å². The van der Waals surface area contributed by atoms with Crippen LogP contribution in [0.2, 0.25) is 0 Å². The number of amides is 3. The lowest BCUT2D eigenvalue weighted by Crippen LogP contribution is -2.20. The van der Waals surface area contributed by atoms with Gasteiger partial charge in [-0.3, -0.25) is 29.7 Å². The standard InChI is InChI=1S/C32H34N10O3S/c1-5-42-26(15-19(3)38-42)30(45)37-31-35-24-16-21(28(33)43)11-12-25(24)40(31)13-6-7-14-41-27-18(2)9-8-10-23(27)34-32(41)36-29(44)22-17-46-39-20(22)4/h8-12,15-17H,5-7,13-14H2,1-4H3,(H2,33,43)(H,34,36,44)(H,35,37,45). The van der Waals surface area contributed by atoms with Crippen LogP contribution in [0.3, 0.4) is 0 Å². The van der Waals surface area contributed by atoms with Crippen molar-refractivity contribution in [3.63, 3.8) is 0 Å². The zero-order valence-electron chi connectivity index (χ0n) is 26.0. The second-order valence-corrected chi connectivity index (χ2v) is 11.7. The molecule has 0 aliphatic carbocycles. The summed E-state index contributed by atoms with van der Waals surface area (Å²) in [5.41, 5.74) is 12.4. The molecule has 46 heavy (non-hydrogen) atoms. The number of benzene rings is 2. The largest absolute Gasteiger partial charge is 0.366 e. The fourth-order valence-electron chi connectivity index (χ4n) is 5.64. The van der Waals surface area contributed by atoms with E-state index in [0.29, 0.717) is 66.0 Å². The quantitative estimate of drug-likeness (QED) is 0.167. The van der Waals surface area contributed by atoms with E-state index < -0.39 is 5.91 Å². The van der Waals surface area contributed by atoms with Gasteiger partial charge in [0.2, 0.25) is 17.8 Å². The molecule has 0 saturated carbocycles. The lowest BCUT2D eigenvalue weighted by atomic mass is 10.2. The number of para-hydroxylation sites is 1. The van der Waals surface area contributed by atoms with Crippen molar-refractivity contribution >= 4 is 63.2 Å². The molecule has 0 spiro atoms. The molecule has 3 amide bonds. The van der Waals surface area contributed by atoms with Gasteiger partial charge in [0, 0.05) is 30.6 Å². The number of anilines is 2. The van der Waals surface area contributed by atoms with Crippen molar-refractivity contribution in [2.45, 2.75) is 60.2 Å². The molecule has 0 fully saturated rings. The first-order valence-corrected chi connectivity index (χ1v) is 15.8. The van der Waals surface area contributed by atoms with Crippen molar-refractivity contribution in [3.8, 4) is 0 Å². The van der Waals surface area contributed by atoms with Gasteiger partial charge < -0.3 is 14.9 Å². The second kappa shape index (κ2) is 12.6. The van der Waals surface area contributed by atoms with Gasteiger partial charge in [-0.25, -0.2) is 9.97 Å². The third kappa shape index (κ3) is 5.86. The van der Waals surface area contributed by atoms with E-state index >= 15 is 0 Å². The average molecular weight is 639 g/mol. The van der Waals surface area contributed by atoms with Crippen LogP contribution >= 0.6 is 11.5 Å². The van der Waals surface area contributed by atoms with Crippen molar-refractivity contribution in [3.05, 3.63) is 81.6 Å². The minimum absolute atomic E-state index is 0.249. The Hall–Kier alpha value is -5.37. The number of rotatable bonds is 11. The molecule has 13 nitrogen and oxygen atoms in total. The monoisotopic (exact) mass is 638 g/mol. The molecule has 0 atom stereocenters. The van der Waals surface area contributed by atoms with Gasteiger partial charge in [-0.15, -0.1) is 0 Å². The highest BCUT2D eigenvalue weighted by Gasteiger charge is 2.20. The number of primary amides is 1. The molecule has 0 aliphatic heterocycles. The fraction of sp³-hybridized carbons (Fsp3) is 0.281. The van der Waals surface area contributed by atoms with Crippen LogP contribution in [0.1, 0.15) is 67.9 Å². The van der Waals surface area contributed by atoms with Crippen LogP contribution in [0, 0.1) is 20.8 Å². The van der Waals surface area contributed by atoms with E-state index in [1.807, 2.05) is 55.0 Å². The van der Waals surface area contributed by atoms with Crippen LogP contribution in [-0.2, 0) is 19.6 Å². The average Bonchev–Trinajstić information content (AvgIpc) is 3.79. The van der Waals surface area contributed by atoms with Crippen LogP contribution in [0.25, 0.3) is 22.1 Å². The lowest BCUT2D eigenvalue weighted by molar-refractivity contribution is 0.0995. The number of imidazole rings is 2. The number of hydrogen-bond donors (Lipinski definition) is 3. The van der Waals surface area contributed by atoms with E-state index in [9.17, 15) is 14.4 Å². The number of carbonyl (C=O) groups excluding carboxylic acids is 3. The van der Waals surface area contributed by atoms with Crippen molar-refractivity contribution in [2.24, 2.45) is 5.73 Å². The van der Waals surface area contributed by atoms with E-state index in [-0.39, 0.29) is 11.8 Å². The number of nitrogens with two attached hydrogens (primary N) is 1. The third-order valence-corrected chi connectivity index (χ3v) is 8.61. The number of aryl methyl sites for hydroxylation is 6. The summed E-state index contributed by atoms with van der Waals surface area (Å²) in [4.78, 5) is 47.7. The number of fused-ring (bicyclic) bond motifs is 2. The van der Waals surface area contributed by atoms with Gasteiger partial charge in [0.25, 0.3) is 11.8 Å². The highest BCUT2D eigenvalue weighted by atomic mass is 32.1. The molecule has 0 bridgehead atoms. The summed E-state index contributed by atoms with van der Waals surface area (Å²) in [5.74, 6) is -0.297. The van der Waals surface area contributed by atoms with E-state index in [2.05, 4.69) is 25.1 Å². The Kier molecular flexibility index (Phi) is 8.37. The van der Waals surface area contributed by atoms with Gasteiger partial charge in [-0.05, 0) is 88.0 Å². The van der Waals surface area contributed by atoms with Gasteiger partial charge in [0.15, 0.2) is 0 Å². The zero-order valence-corrected chi connectivity index (χ0v) is 26.8. The summed E-state index contributed by atoms with van der Waals surface area (Å²) < 4.78 is 9.84. The molecule has 0 aliphatic rings. The highest BCUT2D eigenvalue weighted by Crippen LogP contribution is 2.26. The first kappa shape index (κ1) is 30.6. The summed E-state index contributed by atoms with van der Waals surface area (Å²) in [6.07, 6.45) is 1.44. The van der Waals surface area contributed by atoms with Crippen molar-refractivity contribution in [2.75, 3.05) is 10.6 Å². The zero-order chi connectivity index (χ0) is 32.5. The first-order valence-electron chi connectivity index (χ1n) is 15.0. The number of carbonyl (C=O) groups is 3. The molecule has 6 rings (SSSR count). The summed E-state index contributed by atoms with van der Waals surface area (Å²) in [7, 11) is 0. The molecule has 0 saturated heterocycles. The minimum atomic E-state index is -0.555. The molecule has 6 aromatic rings. The van der Waals surface area contributed by atoms with Crippen LogP contribution in [0.5, 0.6) is 0 Å². The van der Waals surface area contributed by atoms with E-state index in [1.54, 1.807) is 34.3 Å². The van der Waals surface area contributed by atoms with Gasteiger partial charge >= 0.3 is 0 Å². The molecule has 0 unspecified atom stereocenters. The smallest absolute Gasteiger partial charge is 0.276 e. The topological polar surface area (TPSA) is 168 Å². The van der Waals surface area contributed by atoms with Gasteiger partial charge in [0.1, 0.15) is 5.69 Å². The Morgan fingerprint density at radius 3 is 2.33 bits per heavy atom. The van der Waals surface area contributed by atoms with Crippen LogP contribution in [0.15, 0.2) is 47.8 Å². The van der Waals surface area contributed by atoms with E-state index in [4.69, 9.17) is 10.7 Å². The third-order valence-electron chi connectivity index (χ3n) is 7.89. The Balaban J connectivity index is 1.25. The SMILES string of the molecule is CCn1nc(C)cc1C(=O)Nc1nc2cc(C(N)=O)ccc2n1CCCCn1c(NC(=O)c2csnc2C)nc2cccc(C)c21. The fourth-order valence-corrected chi connectivity index (χ4v) is 6.33. The molecule has 236 valence electrons. The number of nitrogens with one attached hydrogen (secondary N) is 2. The Morgan fingerprint density at radius 1 is 0.891 bits per heavy atom. The molecular formula is C32H34N10O3S. The molecule has 4 aromatic heterocycles. The molecule has 4 N–H and O–H groups in total. The lowest BCUT2D eigenvalue weighted by Gasteiger charge is -2.13. The van der Waals surface area contributed by atoms with E-state index in [0.717, 1.165) is 34.2 Å². The number of hydrogen-bond acceptors (Lipinski definition) is 8. The van der Waals surface area contributed by atoms with Crippen molar-refractivity contribution in [1.82, 2.24) is 33.3 Å². The van der Waals surface area contributed by atoms with Crippen LogP contribution in [0.4, 0.5) is 11.9 Å². The summed E-state index contributed by atoms with van der Waals surface area (Å²) in [6, 6.07) is 12.7. The predicted octanol–water partition coefficient (Wildman–Crippen LogP) is 5.07. The summed E-state index contributed by atoms with van der Waals surface area (Å²) >= 11 is 1.24. The highest BCUT2D eigenvalue weighted by molar-refractivity contribution is 7.04. The van der Waals surface area contributed by atoms with E-state index in [1.165, 1.54) is 11.5 Å². The maximum absolute atomic E-state index is 13.3.